The number of aliphatic hydroxyl groups excluding tert-OH is 1. The molecule has 44 heavy (non-hydrogen) atoms. The van der Waals surface area contributed by atoms with Crippen molar-refractivity contribution in [2.75, 3.05) is 13.2 Å². The molecule has 4 aromatic carbocycles. The van der Waals surface area contributed by atoms with E-state index in [4.69, 9.17) is 30.9 Å². The summed E-state index contributed by atoms with van der Waals surface area (Å²) in [5.74, 6) is 1.35. The highest BCUT2D eigenvalue weighted by atomic mass is 79.9. The van der Waals surface area contributed by atoms with Gasteiger partial charge in [-0.3, -0.25) is 4.79 Å². The Bertz CT molecular complexity index is 1360. The van der Waals surface area contributed by atoms with Crippen LogP contribution in [0, 0.1) is 0 Å². The molecule has 0 heterocycles. The maximum absolute atomic E-state index is 11.9. The number of hydrogen-bond acceptors (Lipinski definition) is 6. The Morgan fingerprint density at radius 2 is 1.02 bits per heavy atom. The number of aliphatic hydroxyl groups is 1. The Morgan fingerprint density at radius 3 is 1.39 bits per heavy atom. The Kier molecular flexibility index (Phi) is 19.7. The van der Waals surface area contributed by atoms with E-state index in [1.54, 1.807) is 24.3 Å². The van der Waals surface area contributed by atoms with Crippen LogP contribution >= 0.6 is 43.5 Å². The lowest BCUT2D eigenvalue weighted by atomic mass is 10.1. The second kappa shape index (κ2) is 22.4. The van der Waals surface area contributed by atoms with E-state index in [0.717, 1.165) is 44.4 Å². The van der Waals surface area contributed by atoms with Crippen LogP contribution < -0.4 is 9.47 Å². The maximum atomic E-state index is 11.9. The van der Waals surface area contributed by atoms with E-state index < -0.39 is 5.24 Å². The quantitative estimate of drug-likeness (QED) is 0.0935. The number of carbonyl (C=O) groups excluding carboxylic acids is 2. The summed E-state index contributed by atoms with van der Waals surface area (Å²) in [6, 6.07) is 29.5. The smallest absolute Gasteiger partial charge is 0.338 e. The van der Waals surface area contributed by atoms with Gasteiger partial charge in [-0.25, -0.2) is 4.79 Å². The van der Waals surface area contributed by atoms with Crippen molar-refractivity contribution in [2.45, 2.75) is 45.1 Å². The highest BCUT2D eigenvalue weighted by Crippen LogP contribution is 2.15. The van der Waals surface area contributed by atoms with Crippen molar-refractivity contribution >= 4 is 54.7 Å². The summed E-state index contributed by atoms with van der Waals surface area (Å²) >= 11 is 11.9. The van der Waals surface area contributed by atoms with E-state index >= 15 is 0 Å². The van der Waals surface area contributed by atoms with E-state index in [9.17, 15) is 9.59 Å². The first-order valence-corrected chi connectivity index (χ1v) is 16.2. The minimum absolute atomic E-state index is 0. The topological polar surface area (TPSA) is 82.1 Å². The molecule has 0 amide bonds. The Hall–Kier alpha value is -3.17. The molecule has 0 aliphatic carbocycles. The lowest BCUT2D eigenvalue weighted by molar-refractivity contribution is 0.0472. The molecule has 0 saturated heterocycles. The van der Waals surface area contributed by atoms with Crippen molar-refractivity contribution < 1.29 is 28.9 Å². The largest absolute Gasteiger partial charge is 0.494 e. The third-order valence-corrected chi connectivity index (χ3v) is 7.21. The molecular formula is C35H39Br2ClO6. The van der Waals surface area contributed by atoms with Gasteiger partial charge in [0.1, 0.15) is 18.1 Å². The summed E-state index contributed by atoms with van der Waals surface area (Å²) in [6.45, 7) is 5.55. The number of alkyl halides is 2. The van der Waals surface area contributed by atoms with Crippen LogP contribution in [0.5, 0.6) is 11.5 Å². The molecule has 0 aliphatic rings. The molecule has 0 bridgehead atoms. The average Bonchev–Trinajstić information content (AvgIpc) is 3.05. The number of halogens is 3. The zero-order chi connectivity index (χ0) is 31.5. The molecule has 0 atom stereocenters. The summed E-state index contributed by atoms with van der Waals surface area (Å²) in [7, 11) is 0. The Labute approximate surface area is 282 Å². The lowest BCUT2D eigenvalue weighted by Crippen LogP contribution is -2.05. The molecule has 0 saturated carbocycles. The van der Waals surface area contributed by atoms with Crippen molar-refractivity contribution in [2.24, 2.45) is 0 Å². The van der Waals surface area contributed by atoms with Crippen molar-refractivity contribution in [3.8, 4) is 11.5 Å². The van der Waals surface area contributed by atoms with Gasteiger partial charge >= 0.3 is 5.97 Å². The van der Waals surface area contributed by atoms with Crippen LogP contribution in [0.15, 0.2) is 97.1 Å². The van der Waals surface area contributed by atoms with Gasteiger partial charge in [-0.15, -0.1) is 0 Å². The molecule has 9 heteroatoms. The normalized spacial score (nSPS) is 9.68. The predicted octanol–water partition coefficient (Wildman–Crippen LogP) is 9.51. The third-order valence-electron chi connectivity index (χ3n) is 5.70. The molecular weight excluding hydrogens is 712 g/mol. The third kappa shape index (κ3) is 14.5. The standard InChI is InChI=1S/C17H17BrO3.C9H12O2.C8H6BrClO.CH4/c1-2-20-16-9-5-14(6-10-16)12-21-17(19)15-7-3-13(11-18)4-8-15;1-2-11-9-5-3-8(7-10)4-6-9;9-5-6-1-3-7(4-2-6)8(10)11;/h3-10H,2,11-12H2,1H3;3-6,10H,2,7H2,1H3;1-4H,5H2;1H4. The van der Waals surface area contributed by atoms with E-state index in [0.29, 0.717) is 24.3 Å². The van der Waals surface area contributed by atoms with Gasteiger partial charge in [-0.2, -0.15) is 0 Å². The predicted molar refractivity (Wildman–Crippen MR) is 185 cm³/mol. The summed E-state index contributed by atoms with van der Waals surface area (Å²) in [6.07, 6.45) is 0. The maximum Gasteiger partial charge on any atom is 0.338 e. The Morgan fingerprint density at radius 1 is 0.636 bits per heavy atom. The fraction of sp³-hybridized carbons (Fsp3) is 0.257. The van der Waals surface area contributed by atoms with Crippen LogP contribution in [0.2, 0.25) is 0 Å². The van der Waals surface area contributed by atoms with E-state index in [-0.39, 0.29) is 26.6 Å². The molecule has 1 N–H and O–H groups in total. The number of hydrogen-bond donors (Lipinski definition) is 1. The van der Waals surface area contributed by atoms with Gasteiger partial charge in [0.25, 0.3) is 5.24 Å². The molecule has 0 fully saturated rings. The van der Waals surface area contributed by atoms with Crippen LogP contribution in [0.25, 0.3) is 0 Å². The molecule has 4 rings (SSSR count). The first-order valence-electron chi connectivity index (χ1n) is 13.5. The number of benzene rings is 4. The second-order valence-electron chi connectivity index (χ2n) is 8.82. The van der Waals surface area contributed by atoms with Crippen LogP contribution in [0.1, 0.15) is 64.2 Å². The first kappa shape index (κ1) is 38.9. The van der Waals surface area contributed by atoms with E-state index in [2.05, 4.69) is 31.9 Å². The SMILES string of the molecule is C.CCOc1ccc(CO)cc1.CCOc1ccc(COC(=O)c2ccc(CBr)cc2)cc1.O=C(Cl)c1ccc(CBr)cc1. The van der Waals surface area contributed by atoms with Crippen molar-refractivity contribution in [1.82, 2.24) is 0 Å². The number of rotatable bonds is 11. The van der Waals surface area contributed by atoms with Gasteiger partial charge < -0.3 is 19.3 Å². The number of carbonyl (C=O) groups is 2. The van der Waals surface area contributed by atoms with Gasteiger partial charge in [-0.05, 0) is 96.2 Å². The van der Waals surface area contributed by atoms with Crippen molar-refractivity contribution in [3.05, 3.63) is 130 Å². The first-order chi connectivity index (χ1) is 20.8. The van der Waals surface area contributed by atoms with Gasteiger partial charge in [0.15, 0.2) is 0 Å². The van der Waals surface area contributed by atoms with Crippen molar-refractivity contribution in [1.29, 1.82) is 0 Å². The summed E-state index contributed by atoms with van der Waals surface area (Å²) in [5, 5.41) is 9.87. The van der Waals surface area contributed by atoms with Gasteiger partial charge in [0.2, 0.25) is 0 Å². The Balaban J connectivity index is 0.000000357. The van der Waals surface area contributed by atoms with Crippen LogP contribution in [0.3, 0.4) is 0 Å². The number of esters is 1. The van der Waals surface area contributed by atoms with Crippen LogP contribution in [-0.4, -0.2) is 29.5 Å². The van der Waals surface area contributed by atoms with Crippen LogP contribution in [-0.2, 0) is 28.6 Å². The zero-order valence-electron chi connectivity index (χ0n) is 24.1. The van der Waals surface area contributed by atoms with E-state index in [1.807, 2.05) is 86.6 Å². The van der Waals surface area contributed by atoms with Crippen molar-refractivity contribution in [3.63, 3.8) is 0 Å². The van der Waals surface area contributed by atoms with E-state index in [1.165, 1.54) is 0 Å². The highest BCUT2D eigenvalue weighted by molar-refractivity contribution is 9.08. The zero-order valence-corrected chi connectivity index (χ0v) is 28.0. The minimum Gasteiger partial charge on any atom is -0.494 e. The monoisotopic (exact) mass is 748 g/mol. The molecule has 0 spiro atoms. The second-order valence-corrected chi connectivity index (χ2v) is 10.3. The molecule has 0 aromatic heterocycles. The number of ether oxygens (including phenoxy) is 3. The van der Waals surface area contributed by atoms with Gasteiger partial charge in [0, 0.05) is 16.2 Å². The summed E-state index contributed by atoms with van der Waals surface area (Å²) in [5.41, 5.74) is 5.20. The molecule has 0 aliphatic heterocycles. The molecule has 6 nitrogen and oxygen atoms in total. The summed E-state index contributed by atoms with van der Waals surface area (Å²) in [4.78, 5) is 22.5. The fourth-order valence-electron chi connectivity index (χ4n) is 3.39. The average molecular weight is 751 g/mol. The minimum atomic E-state index is -0.411. The fourth-order valence-corrected chi connectivity index (χ4v) is 4.27. The van der Waals surface area contributed by atoms with Gasteiger partial charge in [-0.1, -0.05) is 87.8 Å². The van der Waals surface area contributed by atoms with Gasteiger partial charge in [0.05, 0.1) is 25.4 Å². The summed E-state index contributed by atoms with van der Waals surface area (Å²) < 4.78 is 15.9. The molecule has 4 aromatic rings. The van der Waals surface area contributed by atoms with Crippen LogP contribution in [0.4, 0.5) is 0 Å². The highest BCUT2D eigenvalue weighted by Gasteiger charge is 2.07. The molecule has 0 radical (unpaired) electrons. The molecule has 236 valence electrons. The molecule has 0 unspecified atom stereocenters. The lowest BCUT2D eigenvalue weighted by Gasteiger charge is -2.07.